The average molecular weight is 431 g/mol. The van der Waals surface area contributed by atoms with Crippen LogP contribution in [0.3, 0.4) is 0 Å². The van der Waals surface area contributed by atoms with E-state index < -0.39 is 0 Å². The van der Waals surface area contributed by atoms with E-state index in [9.17, 15) is 4.79 Å². The van der Waals surface area contributed by atoms with E-state index in [0.29, 0.717) is 16.6 Å². The SMILES string of the molecule is O=C(Nc1ccc(ON2C=NC=C3NNC=C32)cc1)Nc1nc(-c2ccccc2)cs1. The van der Waals surface area contributed by atoms with E-state index in [1.165, 1.54) is 11.3 Å². The number of aliphatic imine (C=N–C) groups is 1. The van der Waals surface area contributed by atoms with E-state index in [1.54, 1.807) is 48.1 Å². The highest BCUT2D eigenvalue weighted by molar-refractivity contribution is 7.14. The summed E-state index contributed by atoms with van der Waals surface area (Å²) in [4.78, 5) is 26.7. The molecule has 2 aliphatic rings. The number of anilines is 2. The summed E-state index contributed by atoms with van der Waals surface area (Å²) in [5.74, 6) is 0.596. The van der Waals surface area contributed by atoms with Crippen LogP contribution >= 0.6 is 11.3 Å². The number of fused-ring (bicyclic) bond motifs is 1. The van der Waals surface area contributed by atoms with E-state index in [-0.39, 0.29) is 6.03 Å². The summed E-state index contributed by atoms with van der Waals surface area (Å²) in [6, 6.07) is 16.5. The van der Waals surface area contributed by atoms with Crippen molar-refractivity contribution in [2.24, 2.45) is 4.99 Å². The van der Waals surface area contributed by atoms with Gasteiger partial charge in [0, 0.05) is 22.8 Å². The average Bonchev–Trinajstić information content (AvgIpc) is 3.46. The first-order valence-electron chi connectivity index (χ1n) is 9.36. The van der Waals surface area contributed by atoms with E-state index in [2.05, 4.69) is 31.5 Å². The predicted octanol–water partition coefficient (Wildman–Crippen LogP) is 3.88. The van der Waals surface area contributed by atoms with Crippen LogP contribution < -0.4 is 26.3 Å². The van der Waals surface area contributed by atoms with Gasteiger partial charge in [0.05, 0.1) is 11.9 Å². The summed E-state index contributed by atoms with van der Waals surface area (Å²) in [5, 5.41) is 9.53. The van der Waals surface area contributed by atoms with Crippen molar-refractivity contribution in [1.82, 2.24) is 20.9 Å². The normalized spacial score (nSPS) is 14.0. The highest BCUT2D eigenvalue weighted by atomic mass is 32.1. The van der Waals surface area contributed by atoms with Gasteiger partial charge in [0.15, 0.2) is 10.9 Å². The number of nitrogens with zero attached hydrogens (tertiary/aromatic N) is 3. The van der Waals surface area contributed by atoms with Crippen LogP contribution in [0.2, 0.25) is 0 Å². The Kier molecular flexibility index (Phi) is 4.95. The van der Waals surface area contributed by atoms with Gasteiger partial charge in [0.2, 0.25) is 0 Å². The Labute approximate surface area is 181 Å². The van der Waals surface area contributed by atoms with Gasteiger partial charge in [0.25, 0.3) is 0 Å². The van der Waals surface area contributed by atoms with Crippen LogP contribution in [-0.4, -0.2) is 22.4 Å². The summed E-state index contributed by atoms with van der Waals surface area (Å²) < 4.78 is 0. The third-order valence-electron chi connectivity index (χ3n) is 4.41. The standard InChI is InChI=1S/C21H17N7O2S/c29-20(26-21-25-18(12-31-21)14-4-2-1-3-5-14)24-15-6-8-16(9-7-15)30-28-13-22-10-17-19(28)11-23-27-17/h1-13,23,27H,(H2,24,25,26,29). The topological polar surface area (TPSA) is 103 Å². The lowest BCUT2D eigenvalue weighted by Crippen LogP contribution is -2.29. The van der Waals surface area contributed by atoms with Crippen LogP contribution in [0.1, 0.15) is 0 Å². The lowest BCUT2D eigenvalue weighted by molar-refractivity contribution is 0.0646. The second-order valence-electron chi connectivity index (χ2n) is 6.53. The summed E-state index contributed by atoms with van der Waals surface area (Å²) in [7, 11) is 0. The molecule has 2 aromatic carbocycles. The Bertz CT molecular complexity index is 1190. The fraction of sp³-hybridized carbons (Fsp3) is 0. The molecule has 0 aliphatic carbocycles. The number of hydrogen-bond donors (Lipinski definition) is 4. The van der Waals surface area contributed by atoms with Crippen molar-refractivity contribution in [2.45, 2.75) is 0 Å². The number of carbonyl (C=O) groups is 1. The quantitative estimate of drug-likeness (QED) is 0.489. The molecule has 5 rings (SSSR count). The first kappa shape index (κ1) is 18.7. The zero-order valence-corrected chi connectivity index (χ0v) is 16.9. The molecule has 31 heavy (non-hydrogen) atoms. The Morgan fingerprint density at radius 3 is 2.74 bits per heavy atom. The number of amides is 2. The Balaban J connectivity index is 1.17. The third-order valence-corrected chi connectivity index (χ3v) is 5.17. The summed E-state index contributed by atoms with van der Waals surface area (Å²) in [6.07, 6.45) is 5.04. The number of aromatic nitrogens is 1. The number of nitrogens with one attached hydrogen (secondary N) is 4. The molecule has 0 unspecified atom stereocenters. The van der Waals surface area contributed by atoms with Crippen LogP contribution in [0.15, 0.2) is 88.8 Å². The zero-order valence-electron chi connectivity index (χ0n) is 16.1. The monoisotopic (exact) mass is 431 g/mol. The molecule has 154 valence electrons. The lowest BCUT2D eigenvalue weighted by atomic mass is 10.2. The second kappa shape index (κ2) is 8.20. The molecular weight excluding hydrogens is 414 g/mol. The zero-order chi connectivity index (χ0) is 21.0. The number of benzene rings is 2. The van der Waals surface area contributed by atoms with Crippen molar-refractivity contribution in [3.05, 3.63) is 83.8 Å². The Morgan fingerprint density at radius 1 is 1.06 bits per heavy atom. The number of rotatable bonds is 5. The highest BCUT2D eigenvalue weighted by Crippen LogP contribution is 2.25. The fourth-order valence-electron chi connectivity index (χ4n) is 2.95. The second-order valence-corrected chi connectivity index (χ2v) is 7.39. The first-order valence-corrected chi connectivity index (χ1v) is 10.2. The van der Waals surface area contributed by atoms with Gasteiger partial charge in [0.1, 0.15) is 17.7 Å². The molecule has 0 radical (unpaired) electrons. The van der Waals surface area contributed by atoms with Gasteiger partial charge in [-0.15, -0.1) is 11.3 Å². The molecule has 3 heterocycles. The molecule has 2 aliphatic heterocycles. The maximum Gasteiger partial charge on any atom is 0.325 e. The maximum atomic E-state index is 12.3. The van der Waals surface area contributed by atoms with Crippen LogP contribution in [0, 0.1) is 0 Å². The predicted molar refractivity (Wildman–Crippen MR) is 120 cm³/mol. The van der Waals surface area contributed by atoms with Gasteiger partial charge in [-0.3, -0.25) is 10.7 Å². The number of carbonyl (C=O) groups excluding carboxylic acids is 1. The van der Waals surface area contributed by atoms with E-state index in [0.717, 1.165) is 22.7 Å². The molecule has 0 saturated heterocycles. The summed E-state index contributed by atoms with van der Waals surface area (Å²) >= 11 is 1.37. The van der Waals surface area contributed by atoms with Crippen LogP contribution in [-0.2, 0) is 0 Å². The van der Waals surface area contributed by atoms with Crippen LogP contribution in [0.25, 0.3) is 11.3 Å². The highest BCUT2D eigenvalue weighted by Gasteiger charge is 2.21. The molecule has 0 bridgehead atoms. The van der Waals surface area contributed by atoms with Crippen molar-refractivity contribution in [2.75, 3.05) is 10.6 Å². The van der Waals surface area contributed by atoms with E-state index in [4.69, 9.17) is 4.84 Å². The first-order chi connectivity index (χ1) is 15.2. The van der Waals surface area contributed by atoms with Crippen molar-refractivity contribution in [3.8, 4) is 17.0 Å². The maximum absolute atomic E-state index is 12.3. The van der Waals surface area contributed by atoms with Gasteiger partial charge in [-0.1, -0.05) is 30.3 Å². The fourth-order valence-corrected chi connectivity index (χ4v) is 3.67. The van der Waals surface area contributed by atoms with E-state index >= 15 is 0 Å². The van der Waals surface area contributed by atoms with Gasteiger partial charge in [-0.2, -0.15) is 5.06 Å². The lowest BCUT2D eigenvalue weighted by Gasteiger charge is -2.22. The number of urea groups is 1. The van der Waals surface area contributed by atoms with Gasteiger partial charge in [-0.25, -0.2) is 14.8 Å². The van der Waals surface area contributed by atoms with Crippen molar-refractivity contribution >= 4 is 34.5 Å². The van der Waals surface area contributed by atoms with E-state index in [1.807, 2.05) is 35.7 Å². The smallest absolute Gasteiger partial charge is 0.325 e. The van der Waals surface area contributed by atoms with Crippen molar-refractivity contribution in [1.29, 1.82) is 0 Å². The molecule has 0 atom stereocenters. The van der Waals surface area contributed by atoms with Gasteiger partial charge >= 0.3 is 6.03 Å². The molecule has 1 aromatic heterocycles. The van der Waals surface area contributed by atoms with Crippen molar-refractivity contribution < 1.29 is 9.63 Å². The van der Waals surface area contributed by atoms with Crippen molar-refractivity contribution in [3.63, 3.8) is 0 Å². The molecule has 0 spiro atoms. The molecule has 0 saturated carbocycles. The molecular formula is C21H17N7O2S. The molecule has 0 fully saturated rings. The number of hydroxylamine groups is 2. The molecule has 9 nitrogen and oxygen atoms in total. The summed E-state index contributed by atoms with van der Waals surface area (Å²) in [5.41, 5.74) is 9.94. The molecule has 2 amide bonds. The Morgan fingerprint density at radius 2 is 1.90 bits per heavy atom. The number of hydrogen-bond acceptors (Lipinski definition) is 8. The molecule has 3 aromatic rings. The summed E-state index contributed by atoms with van der Waals surface area (Å²) in [6.45, 7) is 0. The third kappa shape index (κ3) is 4.19. The minimum Gasteiger partial charge on any atom is -0.374 e. The molecule has 4 N–H and O–H groups in total. The number of thiazole rings is 1. The Hall–Kier alpha value is -4.31. The minimum atomic E-state index is -0.367. The van der Waals surface area contributed by atoms with Crippen LogP contribution in [0.5, 0.6) is 5.75 Å². The minimum absolute atomic E-state index is 0.367. The number of hydrazine groups is 1. The van der Waals surface area contributed by atoms with Gasteiger partial charge in [-0.05, 0) is 24.3 Å². The van der Waals surface area contributed by atoms with Gasteiger partial charge < -0.3 is 15.6 Å². The van der Waals surface area contributed by atoms with Crippen LogP contribution in [0.4, 0.5) is 15.6 Å². The molecule has 10 heteroatoms. The largest absolute Gasteiger partial charge is 0.374 e.